The maximum Gasteiger partial charge on any atom is 0.243 e. The summed E-state index contributed by atoms with van der Waals surface area (Å²) < 4.78 is 5.86. The molecule has 4 nitrogen and oxygen atoms in total. The Morgan fingerprint density at radius 1 is 0.923 bits per heavy atom. The van der Waals surface area contributed by atoms with Crippen molar-refractivity contribution in [3.05, 3.63) is 83.4 Å². The SMILES string of the molecule is Cc1c(Cl)cccc1NCC(=O)Nc1ccccc1Oc1ccccc1. The van der Waals surface area contributed by atoms with Gasteiger partial charge in [-0.25, -0.2) is 0 Å². The third-order valence-corrected chi connectivity index (χ3v) is 4.25. The van der Waals surface area contributed by atoms with Crippen molar-refractivity contribution in [2.75, 3.05) is 17.2 Å². The van der Waals surface area contributed by atoms with E-state index in [4.69, 9.17) is 16.3 Å². The molecule has 3 rings (SSSR count). The highest BCUT2D eigenvalue weighted by atomic mass is 35.5. The van der Waals surface area contributed by atoms with E-state index in [1.165, 1.54) is 0 Å². The Bertz CT molecular complexity index is 898. The van der Waals surface area contributed by atoms with Gasteiger partial charge in [-0.3, -0.25) is 4.79 Å². The summed E-state index contributed by atoms with van der Waals surface area (Å²) in [4.78, 5) is 12.3. The number of hydrogen-bond donors (Lipinski definition) is 2. The van der Waals surface area contributed by atoms with E-state index in [1.807, 2.05) is 73.7 Å². The number of benzene rings is 3. The van der Waals surface area contributed by atoms with Gasteiger partial charge in [0, 0.05) is 10.7 Å². The Balaban J connectivity index is 1.65. The van der Waals surface area contributed by atoms with Crippen molar-refractivity contribution < 1.29 is 9.53 Å². The van der Waals surface area contributed by atoms with Crippen LogP contribution >= 0.6 is 11.6 Å². The quantitative estimate of drug-likeness (QED) is 0.606. The average Bonchev–Trinajstić information content (AvgIpc) is 2.65. The highest BCUT2D eigenvalue weighted by Gasteiger charge is 2.09. The first-order valence-electron chi connectivity index (χ1n) is 8.24. The summed E-state index contributed by atoms with van der Waals surface area (Å²) in [6.45, 7) is 2.03. The summed E-state index contributed by atoms with van der Waals surface area (Å²) in [5.41, 5.74) is 2.36. The summed E-state index contributed by atoms with van der Waals surface area (Å²) in [5, 5.41) is 6.65. The van der Waals surface area contributed by atoms with Gasteiger partial charge in [-0.05, 0) is 48.9 Å². The summed E-state index contributed by atoms with van der Waals surface area (Å²) >= 11 is 6.10. The number of carbonyl (C=O) groups is 1. The van der Waals surface area contributed by atoms with Crippen LogP contribution in [0.4, 0.5) is 11.4 Å². The van der Waals surface area contributed by atoms with E-state index in [0.29, 0.717) is 22.2 Å². The van der Waals surface area contributed by atoms with Crippen molar-refractivity contribution in [1.29, 1.82) is 0 Å². The lowest BCUT2D eigenvalue weighted by Crippen LogP contribution is -2.22. The fourth-order valence-corrected chi connectivity index (χ4v) is 2.62. The largest absolute Gasteiger partial charge is 0.455 e. The molecule has 0 saturated heterocycles. The summed E-state index contributed by atoms with van der Waals surface area (Å²) in [6, 6.07) is 22.3. The molecule has 0 unspecified atom stereocenters. The van der Waals surface area contributed by atoms with Crippen molar-refractivity contribution in [2.24, 2.45) is 0 Å². The fourth-order valence-electron chi connectivity index (χ4n) is 2.44. The molecule has 0 bridgehead atoms. The minimum atomic E-state index is -0.173. The summed E-state index contributed by atoms with van der Waals surface area (Å²) in [5.74, 6) is 1.13. The number of para-hydroxylation sites is 3. The summed E-state index contributed by atoms with van der Waals surface area (Å²) in [7, 11) is 0. The third-order valence-electron chi connectivity index (χ3n) is 3.84. The van der Waals surface area contributed by atoms with Crippen LogP contribution in [0.2, 0.25) is 5.02 Å². The molecule has 0 aromatic heterocycles. The van der Waals surface area contributed by atoms with Gasteiger partial charge < -0.3 is 15.4 Å². The van der Waals surface area contributed by atoms with Gasteiger partial charge in [0.2, 0.25) is 5.91 Å². The van der Waals surface area contributed by atoms with Crippen molar-refractivity contribution >= 4 is 28.9 Å². The molecule has 0 radical (unpaired) electrons. The molecule has 0 aliphatic heterocycles. The monoisotopic (exact) mass is 366 g/mol. The first-order chi connectivity index (χ1) is 12.6. The molecule has 26 heavy (non-hydrogen) atoms. The Morgan fingerprint density at radius 3 is 2.42 bits per heavy atom. The van der Waals surface area contributed by atoms with Crippen molar-refractivity contribution in [3.8, 4) is 11.5 Å². The number of nitrogens with one attached hydrogen (secondary N) is 2. The van der Waals surface area contributed by atoms with Crippen LogP contribution in [0, 0.1) is 6.92 Å². The van der Waals surface area contributed by atoms with E-state index in [9.17, 15) is 4.79 Å². The molecule has 132 valence electrons. The maximum atomic E-state index is 12.3. The zero-order valence-corrected chi connectivity index (χ0v) is 15.1. The highest BCUT2D eigenvalue weighted by molar-refractivity contribution is 6.31. The van der Waals surface area contributed by atoms with Crippen LogP contribution in [0.25, 0.3) is 0 Å². The zero-order chi connectivity index (χ0) is 18.4. The molecule has 1 amide bonds. The topological polar surface area (TPSA) is 50.4 Å². The normalized spacial score (nSPS) is 10.2. The number of amides is 1. The van der Waals surface area contributed by atoms with Gasteiger partial charge in [0.1, 0.15) is 5.75 Å². The molecule has 3 aromatic carbocycles. The highest BCUT2D eigenvalue weighted by Crippen LogP contribution is 2.29. The molecule has 5 heteroatoms. The molecule has 0 aliphatic rings. The smallest absolute Gasteiger partial charge is 0.243 e. The second kappa shape index (κ2) is 8.41. The van der Waals surface area contributed by atoms with Crippen molar-refractivity contribution in [2.45, 2.75) is 6.92 Å². The Labute approximate surface area is 157 Å². The van der Waals surface area contributed by atoms with Crippen LogP contribution in [0.1, 0.15) is 5.56 Å². The minimum Gasteiger partial charge on any atom is -0.455 e. The molecule has 0 saturated carbocycles. The Morgan fingerprint density at radius 2 is 1.62 bits per heavy atom. The van der Waals surface area contributed by atoms with E-state index in [0.717, 1.165) is 11.3 Å². The molecule has 0 aliphatic carbocycles. The predicted molar refractivity (Wildman–Crippen MR) is 106 cm³/mol. The molecular weight excluding hydrogens is 348 g/mol. The Kier molecular flexibility index (Phi) is 5.77. The van der Waals surface area contributed by atoms with Gasteiger partial charge >= 0.3 is 0 Å². The molecule has 0 spiro atoms. The number of hydrogen-bond acceptors (Lipinski definition) is 3. The molecule has 3 aromatic rings. The van der Waals surface area contributed by atoms with Crippen LogP contribution in [0.15, 0.2) is 72.8 Å². The van der Waals surface area contributed by atoms with Gasteiger partial charge in [-0.1, -0.05) is 48.0 Å². The molecule has 0 fully saturated rings. The van der Waals surface area contributed by atoms with Crippen LogP contribution in [-0.2, 0) is 4.79 Å². The third kappa shape index (κ3) is 4.55. The lowest BCUT2D eigenvalue weighted by molar-refractivity contribution is -0.114. The van der Waals surface area contributed by atoms with E-state index in [-0.39, 0.29) is 12.5 Å². The fraction of sp³-hybridized carbons (Fsp3) is 0.0952. The van der Waals surface area contributed by atoms with E-state index < -0.39 is 0 Å². The van der Waals surface area contributed by atoms with Gasteiger partial charge in [-0.15, -0.1) is 0 Å². The zero-order valence-electron chi connectivity index (χ0n) is 14.3. The van der Waals surface area contributed by atoms with E-state index in [2.05, 4.69) is 10.6 Å². The van der Waals surface area contributed by atoms with Gasteiger partial charge in [0.05, 0.1) is 12.2 Å². The second-order valence-electron chi connectivity index (χ2n) is 5.73. The van der Waals surface area contributed by atoms with Crippen LogP contribution in [0.3, 0.4) is 0 Å². The number of ether oxygens (including phenoxy) is 1. The number of anilines is 2. The maximum absolute atomic E-state index is 12.3. The van der Waals surface area contributed by atoms with Gasteiger partial charge in [0.15, 0.2) is 5.75 Å². The van der Waals surface area contributed by atoms with Gasteiger partial charge in [0.25, 0.3) is 0 Å². The first kappa shape index (κ1) is 17.8. The average molecular weight is 367 g/mol. The standard InChI is InChI=1S/C21H19ClN2O2/c1-15-17(22)10-7-12-18(15)23-14-21(25)24-19-11-5-6-13-20(19)26-16-8-3-2-4-9-16/h2-13,23H,14H2,1H3,(H,24,25). The number of halogens is 1. The van der Waals surface area contributed by atoms with E-state index >= 15 is 0 Å². The molecule has 2 N–H and O–H groups in total. The molecular formula is C21H19ClN2O2. The van der Waals surface area contributed by atoms with Crippen molar-refractivity contribution in [3.63, 3.8) is 0 Å². The number of carbonyl (C=O) groups excluding carboxylic acids is 1. The number of rotatable bonds is 6. The van der Waals surface area contributed by atoms with Crippen LogP contribution < -0.4 is 15.4 Å². The first-order valence-corrected chi connectivity index (χ1v) is 8.62. The van der Waals surface area contributed by atoms with Gasteiger partial charge in [-0.2, -0.15) is 0 Å². The summed E-state index contributed by atoms with van der Waals surface area (Å²) in [6.07, 6.45) is 0. The second-order valence-corrected chi connectivity index (χ2v) is 6.13. The lowest BCUT2D eigenvalue weighted by Gasteiger charge is -2.13. The van der Waals surface area contributed by atoms with Crippen molar-refractivity contribution in [1.82, 2.24) is 0 Å². The minimum absolute atomic E-state index is 0.126. The molecule has 0 heterocycles. The molecule has 0 atom stereocenters. The predicted octanol–water partition coefficient (Wildman–Crippen LogP) is 5.49. The lowest BCUT2D eigenvalue weighted by atomic mass is 10.2. The van der Waals surface area contributed by atoms with Crippen LogP contribution in [0.5, 0.6) is 11.5 Å². The van der Waals surface area contributed by atoms with Crippen LogP contribution in [-0.4, -0.2) is 12.5 Å². The Hall–Kier alpha value is -2.98. The van der Waals surface area contributed by atoms with E-state index in [1.54, 1.807) is 6.07 Å².